The lowest BCUT2D eigenvalue weighted by Crippen LogP contribution is -2.26. The Morgan fingerprint density at radius 3 is 2.48 bits per heavy atom. The Morgan fingerprint density at radius 2 is 1.79 bits per heavy atom. The van der Waals surface area contributed by atoms with Crippen LogP contribution in [0.5, 0.6) is 5.75 Å². The molecule has 1 N–H and O–H groups in total. The Balaban J connectivity index is 1.46. The lowest BCUT2D eigenvalue weighted by atomic mass is 9.91. The number of carbonyl (C=O) groups excluding carboxylic acids is 1. The van der Waals surface area contributed by atoms with Crippen LogP contribution in [0.1, 0.15) is 53.8 Å². The molecule has 0 unspecified atom stereocenters. The van der Waals surface area contributed by atoms with E-state index in [4.69, 9.17) is 4.74 Å². The van der Waals surface area contributed by atoms with Crippen molar-refractivity contribution in [3.05, 3.63) is 65.5 Å². The van der Waals surface area contributed by atoms with E-state index < -0.39 is 0 Å². The zero-order valence-electron chi connectivity index (χ0n) is 19.4. The number of hydrogen-bond acceptors (Lipinski definition) is 5. The number of aromatic nitrogens is 3. The van der Waals surface area contributed by atoms with Gasteiger partial charge in [-0.05, 0) is 62.1 Å². The van der Waals surface area contributed by atoms with E-state index in [1.807, 2.05) is 55.5 Å². The third-order valence-corrected chi connectivity index (χ3v) is 7.31. The van der Waals surface area contributed by atoms with Gasteiger partial charge in [0.2, 0.25) is 0 Å². The van der Waals surface area contributed by atoms with E-state index in [2.05, 4.69) is 20.1 Å². The Labute approximate surface area is 200 Å². The zero-order chi connectivity index (χ0) is 23.0. The van der Waals surface area contributed by atoms with Crippen molar-refractivity contribution in [1.29, 1.82) is 0 Å². The molecule has 33 heavy (non-hydrogen) atoms. The average molecular weight is 465 g/mol. The van der Waals surface area contributed by atoms with Crippen molar-refractivity contribution in [2.45, 2.75) is 50.6 Å². The fourth-order valence-corrected chi connectivity index (χ4v) is 5.34. The van der Waals surface area contributed by atoms with Crippen LogP contribution >= 0.6 is 11.8 Å². The number of aryl methyl sites for hydroxylation is 1. The molecule has 1 aliphatic rings. The molecule has 6 nitrogen and oxygen atoms in total. The van der Waals surface area contributed by atoms with E-state index >= 15 is 0 Å². The van der Waals surface area contributed by atoms with Gasteiger partial charge in [0.05, 0.1) is 7.11 Å². The van der Waals surface area contributed by atoms with Crippen LogP contribution in [-0.4, -0.2) is 40.1 Å². The highest BCUT2D eigenvalue weighted by molar-refractivity contribution is 7.99. The van der Waals surface area contributed by atoms with Crippen LogP contribution in [-0.2, 0) is 6.42 Å². The second-order valence-corrected chi connectivity index (χ2v) is 9.61. The van der Waals surface area contributed by atoms with Gasteiger partial charge in [0.1, 0.15) is 11.6 Å². The maximum absolute atomic E-state index is 12.5. The Morgan fingerprint density at radius 1 is 1.06 bits per heavy atom. The highest BCUT2D eigenvalue weighted by atomic mass is 32.2. The molecule has 0 aliphatic heterocycles. The summed E-state index contributed by atoms with van der Waals surface area (Å²) in [7, 11) is 1.67. The van der Waals surface area contributed by atoms with Crippen molar-refractivity contribution >= 4 is 17.7 Å². The van der Waals surface area contributed by atoms with Crippen molar-refractivity contribution in [2.24, 2.45) is 5.92 Å². The standard InChI is InChI=1S/C26H32N4O2S/c1-19-8-10-21(11-9-19)25(31)27-17-16-24-28-29-26(33-18-20-6-4-3-5-7-20)30(24)22-12-14-23(32-2)15-13-22/h8-15,20H,3-7,16-18H2,1-2H3,(H,27,31). The minimum atomic E-state index is -0.0718. The van der Waals surface area contributed by atoms with Gasteiger partial charge in [0.25, 0.3) is 5.91 Å². The Kier molecular flexibility index (Phi) is 8.05. The molecule has 4 rings (SSSR count). The maximum Gasteiger partial charge on any atom is 0.251 e. The molecule has 1 fully saturated rings. The molecule has 2 aromatic carbocycles. The van der Waals surface area contributed by atoms with Gasteiger partial charge in [0, 0.05) is 30.0 Å². The van der Waals surface area contributed by atoms with Gasteiger partial charge >= 0.3 is 0 Å². The van der Waals surface area contributed by atoms with Gasteiger partial charge in [-0.15, -0.1) is 10.2 Å². The van der Waals surface area contributed by atoms with Crippen molar-refractivity contribution in [2.75, 3.05) is 19.4 Å². The number of hydrogen-bond donors (Lipinski definition) is 1. The third kappa shape index (κ3) is 6.16. The quantitative estimate of drug-likeness (QED) is 0.439. The van der Waals surface area contributed by atoms with E-state index in [-0.39, 0.29) is 5.91 Å². The highest BCUT2D eigenvalue weighted by Gasteiger charge is 2.19. The van der Waals surface area contributed by atoms with Gasteiger partial charge in [-0.3, -0.25) is 9.36 Å². The molecule has 1 aromatic heterocycles. The molecular formula is C26H32N4O2S. The number of nitrogens with one attached hydrogen (secondary N) is 1. The van der Waals surface area contributed by atoms with Crippen LogP contribution in [0.15, 0.2) is 53.7 Å². The molecule has 1 heterocycles. The number of thioether (sulfide) groups is 1. The highest BCUT2D eigenvalue weighted by Crippen LogP contribution is 2.31. The second-order valence-electron chi connectivity index (χ2n) is 8.62. The number of ether oxygens (including phenoxy) is 1. The molecular weight excluding hydrogens is 432 g/mol. The molecule has 1 saturated carbocycles. The third-order valence-electron chi connectivity index (χ3n) is 6.15. The van der Waals surface area contributed by atoms with Gasteiger partial charge in [-0.2, -0.15) is 0 Å². The van der Waals surface area contributed by atoms with Crippen molar-refractivity contribution in [1.82, 2.24) is 20.1 Å². The summed E-state index contributed by atoms with van der Waals surface area (Å²) in [6.45, 7) is 2.51. The first kappa shape index (κ1) is 23.4. The van der Waals surface area contributed by atoms with Crippen LogP contribution in [0.25, 0.3) is 5.69 Å². The summed E-state index contributed by atoms with van der Waals surface area (Å²) in [5.41, 5.74) is 2.81. The fourth-order valence-electron chi connectivity index (χ4n) is 4.19. The van der Waals surface area contributed by atoms with Crippen molar-refractivity contribution in [3.63, 3.8) is 0 Å². The predicted molar refractivity (Wildman–Crippen MR) is 132 cm³/mol. The van der Waals surface area contributed by atoms with Gasteiger partial charge < -0.3 is 10.1 Å². The number of carbonyl (C=O) groups is 1. The molecule has 174 valence electrons. The second kappa shape index (κ2) is 11.4. The molecule has 7 heteroatoms. The minimum Gasteiger partial charge on any atom is -0.497 e. The first-order chi connectivity index (χ1) is 16.1. The molecule has 0 saturated heterocycles. The number of rotatable bonds is 9. The lowest BCUT2D eigenvalue weighted by Gasteiger charge is -2.20. The Hall–Kier alpha value is -2.80. The smallest absolute Gasteiger partial charge is 0.251 e. The molecule has 0 spiro atoms. The number of amides is 1. The maximum atomic E-state index is 12.5. The molecule has 3 aromatic rings. The summed E-state index contributed by atoms with van der Waals surface area (Å²) >= 11 is 1.79. The summed E-state index contributed by atoms with van der Waals surface area (Å²) in [6, 6.07) is 15.6. The largest absolute Gasteiger partial charge is 0.497 e. The fraction of sp³-hybridized carbons (Fsp3) is 0.423. The summed E-state index contributed by atoms with van der Waals surface area (Å²) in [4.78, 5) is 12.5. The summed E-state index contributed by atoms with van der Waals surface area (Å²) in [5.74, 6) is 3.41. The van der Waals surface area contributed by atoms with Gasteiger partial charge in [-0.1, -0.05) is 48.7 Å². The molecule has 0 atom stereocenters. The van der Waals surface area contributed by atoms with E-state index in [1.54, 1.807) is 18.9 Å². The topological polar surface area (TPSA) is 69.0 Å². The lowest BCUT2D eigenvalue weighted by molar-refractivity contribution is 0.0954. The number of nitrogens with zero attached hydrogens (tertiary/aromatic N) is 3. The van der Waals surface area contributed by atoms with E-state index in [1.165, 1.54) is 32.1 Å². The van der Waals surface area contributed by atoms with E-state index in [0.29, 0.717) is 18.5 Å². The number of benzene rings is 2. The summed E-state index contributed by atoms with van der Waals surface area (Å²) in [6.07, 6.45) is 7.25. The SMILES string of the molecule is COc1ccc(-n2c(CCNC(=O)c3ccc(C)cc3)nnc2SCC2CCCCC2)cc1. The van der Waals surface area contributed by atoms with Crippen LogP contribution < -0.4 is 10.1 Å². The van der Waals surface area contributed by atoms with Crippen LogP contribution in [0, 0.1) is 12.8 Å². The first-order valence-corrected chi connectivity index (χ1v) is 12.7. The average Bonchev–Trinajstić information content (AvgIpc) is 3.26. The summed E-state index contributed by atoms with van der Waals surface area (Å²) < 4.78 is 7.44. The van der Waals surface area contributed by atoms with E-state index in [0.717, 1.165) is 39.7 Å². The normalized spacial score (nSPS) is 14.2. The van der Waals surface area contributed by atoms with Crippen molar-refractivity contribution < 1.29 is 9.53 Å². The van der Waals surface area contributed by atoms with Crippen molar-refractivity contribution in [3.8, 4) is 11.4 Å². The molecule has 0 bridgehead atoms. The molecule has 1 aliphatic carbocycles. The molecule has 1 amide bonds. The van der Waals surface area contributed by atoms with Crippen LogP contribution in [0.4, 0.5) is 0 Å². The van der Waals surface area contributed by atoms with Crippen LogP contribution in [0.3, 0.4) is 0 Å². The van der Waals surface area contributed by atoms with E-state index in [9.17, 15) is 4.79 Å². The van der Waals surface area contributed by atoms with Gasteiger partial charge in [-0.25, -0.2) is 0 Å². The monoisotopic (exact) mass is 464 g/mol. The van der Waals surface area contributed by atoms with Crippen LogP contribution in [0.2, 0.25) is 0 Å². The first-order valence-electron chi connectivity index (χ1n) is 11.7. The minimum absolute atomic E-state index is 0.0718. The molecule has 0 radical (unpaired) electrons. The number of methoxy groups -OCH3 is 1. The Bertz CT molecular complexity index is 1040. The van der Waals surface area contributed by atoms with Gasteiger partial charge in [0.15, 0.2) is 5.16 Å². The summed E-state index contributed by atoms with van der Waals surface area (Å²) in [5, 5.41) is 12.9. The zero-order valence-corrected chi connectivity index (χ0v) is 20.2. The predicted octanol–water partition coefficient (Wildman–Crippen LogP) is 5.23.